The smallest absolute Gasteiger partial charge is 0.160 e. The molecule has 1 saturated heterocycles. The van der Waals surface area contributed by atoms with Gasteiger partial charge in [-0.3, -0.25) is 14.0 Å². The summed E-state index contributed by atoms with van der Waals surface area (Å²) in [4.78, 5) is 2.53. The first-order chi connectivity index (χ1) is 13.8. The van der Waals surface area contributed by atoms with Crippen LogP contribution in [-0.4, -0.2) is 42.4 Å². The number of likely N-dealkylation sites (tertiary alicyclic amines) is 1. The zero-order valence-corrected chi connectivity index (χ0v) is 16.1. The van der Waals surface area contributed by atoms with Crippen molar-refractivity contribution in [2.45, 2.75) is 25.3 Å². The minimum absolute atomic E-state index is 0.406. The highest BCUT2D eigenvalue weighted by Crippen LogP contribution is 2.29. The lowest BCUT2D eigenvalue weighted by atomic mass is 9.96. The molecule has 28 heavy (non-hydrogen) atoms. The molecule has 1 aliphatic heterocycles. The van der Waals surface area contributed by atoms with Crippen LogP contribution >= 0.6 is 0 Å². The summed E-state index contributed by atoms with van der Waals surface area (Å²) in [5.41, 5.74) is 4.46. The number of aryl methyl sites for hydroxylation is 1. The maximum absolute atomic E-state index is 4.72. The van der Waals surface area contributed by atoms with Crippen LogP contribution in [0.3, 0.4) is 0 Å². The van der Waals surface area contributed by atoms with Gasteiger partial charge in [0, 0.05) is 49.6 Å². The largest absolute Gasteiger partial charge is 0.298 e. The summed E-state index contributed by atoms with van der Waals surface area (Å²) in [6.07, 6.45) is 6.55. The van der Waals surface area contributed by atoms with Gasteiger partial charge in [-0.1, -0.05) is 36.4 Å². The van der Waals surface area contributed by atoms with Gasteiger partial charge in [-0.05, 0) is 31.5 Å². The Morgan fingerprint density at radius 2 is 1.89 bits per heavy atom. The van der Waals surface area contributed by atoms with Gasteiger partial charge in [-0.2, -0.15) is 5.10 Å². The Morgan fingerprint density at radius 3 is 2.79 bits per heavy atom. The van der Waals surface area contributed by atoms with Crippen molar-refractivity contribution in [1.82, 2.24) is 29.3 Å². The van der Waals surface area contributed by atoms with Crippen molar-refractivity contribution in [2.75, 3.05) is 13.1 Å². The molecule has 6 heteroatoms. The second-order valence-electron chi connectivity index (χ2n) is 7.60. The Balaban J connectivity index is 1.38. The monoisotopic (exact) mass is 372 g/mol. The van der Waals surface area contributed by atoms with Crippen LogP contribution < -0.4 is 0 Å². The molecule has 0 unspecified atom stereocenters. The van der Waals surface area contributed by atoms with Crippen LogP contribution in [0.4, 0.5) is 0 Å². The standard InChI is InChI=1S/C22H24N6/c1-26-14-19(21(25-26)17-8-3-2-4-9-17)16-27-12-7-10-18(15-27)22-24-23-20-11-5-6-13-28(20)22/h2-6,8-9,11,13-14,18H,7,10,12,15-16H2,1H3/t18-/m0/s1. The SMILES string of the molecule is Cn1cc(CN2CCC[C@H](c3nnc4ccccn34)C2)c(-c2ccccc2)n1. The summed E-state index contributed by atoms with van der Waals surface area (Å²) >= 11 is 0. The lowest BCUT2D eigenvalue weighted by Crippen LogP contribution is -2.34. The van der Waals surface area contributed by atoms with E-state index in [4.69, 9.17) is 5.10 Å². The summed E-state index contributed by atoms with van der Waals surface area (Å²) in [7, 11) is 2.00. The molecule has 5 rings (SSSR count). The predicted octanol–water partition coefficient (Wildman–Crippen LogP) is 3.51. The molecular weight excluding hydrogens is 348 g/mol. The molecule has 0 bridgehead atoms. The normalized spacial score (nSPS) is 18.0. The van der Waals surface area contributed by atoms with Crippen molar-refractivity contribution in [3.8, 4) is 11.3 Å². The van der Waals surface area contributed by atoms with E-state index in [1.165, 1.54) is 17.5 Å². The molecule has 0 spiro atoms. The number of hydrogen-bond donors (Lipinski definition) is 0. The molecule has 4 aromatic rings. The fourth-order valence-electron chi connectivity index (χ4n) is 4.28. The molecule has 1 aliphatic rings. The molecule has 1 fully saturated rings. The first kappa shape index (κ1) is 17.1. The van der Waals surface area contributed by atoms with Gasteiger partial charge in [-0.25, -0.2) is 0 Å². The van der Waals surface area contributed by atoms with E-state index in [9.17, 15) is 0 Å². The number of aromatic nitrogens is 5. The minimum atomic E-state index is 0.406. The Labute approximate surface area is 164 Å². The number of benzene rings is 1. The second-order valence-corrected chi connectivity index (χ2v) is 7.60. The molecule has 6 nitrogen and oxygen atoms in total. The lowest BCUT2D eigenvalue weighted by molar-refractivity contribution is 0.196. The van der Waals surface area contributed by atoms with E-state index in [1.54, 1.807) is 0 Å². The number of hydrogen-bond acceptors (Lipinski definition) is 4. The molecule has 1 aromatic carbocycles. The molecule has 3 aromatic heterocycles. The fraction of sp³-hybridized carbons (Fsp3) is 0.318. The molecule has 0 saturated carbocycles. The molecule has 0 N–H and O–H groups in total. The Kier molecular flexibility index (Phi) is 4.41. The first-order valence-corrected chi connectivity index (χ1v) is 9.88. The van der Waals surface area contributed by atoms with Gasteiger partial charge in [-0.15, -0.1) is 10.2 Å². The Bertz CT molecular complexity index is 1080. The molecule has 0 radical (unpaired) electrons. The summed E-state index contributed by atoms with van der Waals surface area (Å²) in [6.45, 7) is 3.01. The van der Waals surface area contributed by atoms with E-state index in [2.05, 4.69) is 56.2 Å². The van der Waals surface area contributed by atoms with Gasteiger partial charge in [0.25, 0.3) is 0 Å². The number of pyridine rings is 1. The highest BCUT2D eigenvalue weighted by Gasteiger charge is 2.26. The second kappa shape index (κ2) is 7.20. The van der Waals surface area contributed by atoms with Gasteiger partial charge in [0.2, 0.25) is 0 Å². The van der Waals surface area contributed by atoms with E-state index >= 15 is 0 Å². The average molecular weight is 372 g/mol. The van der Waals surface area contributed by atoms with Crippen molar-refractivity contribution >= 4 is 5.65 Å². The van der Waals surface area contributed by atoms with Crippen LogP contribution in [0.25, 0.3) is 16.9 Å². The predicted molar refractivity (Wildman–Crippen MR) is 109 cm³/mol. The quantitative estimate of drug-likeness (QED) is 0.550. The van der Waals surface area contributed by atoms with Crippen molar-refractivity contribution in [1.29, 1.82) is 0 Å². The summed E-state index contributed by atoms with van der Waals surface area (Å²) in [6, 6.07) is 16.5. The van der Waals surface area contributed by atoms with Crippen LogP contribution in [-0.2, 0) is 13.6 Å². The maximum atomic E-state index is 4.72. The topological polar surface area (TPSA) is 51.2 Å². The molecule has 4 heterocycles. The number of fused-ring (bicyclic) bond motifs is 1. The Morgan fingerprint density at radius 1 is 1.04 bits per heavy atom. The van der Waals surface area contributed by atoms with Crippen molar-refractivity contribution in [2.24, 2.45) is 7.05 Å². The molecule has 1 atom stereocenters. The molecule has 0 aliphatic carbocycles. The van der Waals surface area contributed by atoms with Gasteiger partial charge in [0.05, 0.1) is 5.69 Å². The van der Waals surface area contributed by atoms with Crippen LogP contribution in [0.15, 0.2) is 60.9 Å². The lowest BCUT2D eigenvalue weighted by Gasteiger charge is -2.31. The van der Waals surface area contributed by atoms with Crippen molar-refractivity contribution < 1.29 is 0 Å². The third kappa shape index (κ3) is 3.20. The van der Waals surface area contributed by atoms with E-state index in [1.807, 2.05) is 36.0 Å². The van der Waals surface area contributed by atoms with E-state index < -0.39 is 0 Å². The van der Waals surface area contributed by atoms with Crippen LogP contribution in [0.1, 0.15) is 30.1 Å². The third-order valence-electron chi connectivity index (χ3n) is 5.56. The molecule has 0 amide bonds. The highest BCUT2D eigenvalue weighted by atomic mass is 15.3. The zero-order chi connectivity index (χ0) is 18.9. The van der Waals surface area contributed by atoms with E-state index in [0.29, 0.717) is 5.92 Å². The highest BCUT2D eigenvalue weighted by molar-refractivity contribution is 5.62. The van der Waals surface area contributed by atoms with Gasteiger partial charge in [0.1, 0.15) is 5.82 Å². The molecular formula is C22H24N6. The van der Waals surface area contributed by atoms with Crippen molar-refractivity contribution in [3.63, 3.8) is 0 Å². The van der Waals surface area contributed by atoms with Crippen LogP contribution in [0, 0.1) is 0 Å². The number of piperidine rings is 1. The molecule has 142 valence electrons. The fourth-order valence-corrected chi connectivity index (χ4v) is 4.28. The zero-order valence-electron chi connectivity index (χ0n) is 16.1. The van der Waals surface area contributed by atoms with Crippen molar-refractivity contribution in [3.05, 3.63) is 72.3 Å². The van der Waals surface area contributed by atoms with Gasteiger partial charge >= 0.3 is 0 Å². The summed E-state index contributed by atoms with van der Waals surface area (Å²) in [5, 5.41) is 13.6. The van der Waals surface area contributed by atoms with E-state index in [-0.39, 0.29) is 0 Å². The summed E-state index contributed by atoms with van der Waals surface area (Å²) < 4.78 is 4.05. The van der Waals surface area contributed by atoms with Crippen LogP contribution in [0.5, 0.6) is 0 Å². The van der Waals surface area contributed by atoms with E-state index in [0.717, 1.165) is 43.2 Å². The van der Waals surface area contributed by atoms with Crippen LogP contribution in [0.2, 0.25) is 0 Å². The van der Waals surface area contributed by atoms with Gasteiger partial charge in [0.15, 0.2) is 5.65 Å². The third-order valence-corrected chi connectivity index (χ3v) is 5.56. The first-order valence-electron chi connectivity index (χ1n) is 9.88. The minimum Gasteiger partial charge on any atom is -0.298 e. The summed E-state index contributed by atoms with van der Waals surface area (Å²) in [5.74, 6) is 1.48. The number of rotatable bonds is 4. The Hall–Kier alpha value is -2.99. The average Bonchev–Trinajstić information content (AvgIpc) is 3.32. The van der Waals surface area contributed by atoms with Gasteiger partial charge < -0.3 is 0 Å². The maximum Gasteiger partial charge on any atom is 0.160 e. The number of nitrogens with zero attached hydrogens (tertiary/aromatic N) is 6.